The third-order valence-electron chi connectivity index (χ3n) is 6.67. The predicted octanol–water partition coefficient (Wildman–Crippen LogP) is 7.46. The van der Waals surface area contributed by atoms with Gasteiger partial charge in [-0.15, -0.1) is 0 Å². The fourth-order valence-electron chi connectivity index (χ4n) is 5.02. The highest BCUT2D eigenvalue weighted by Gasteiger charge is 2.41. The zero-order valence-electron chi connectivity index (χ0n) is 21.9. The molecular formula is C28H34F6N2O2. The van der Waals surface area contributed by atoms with Crippen LogP contribution in [0.5, 0.6) is 0 Å². The van der Waals surface area contributed by atoms with E-state index in [0.717, 1.165) is 17.7 Å². The molecule has 1 aliphatic heterocycles. The van der Waals surface area contributed by atoms with Crippen molar-refractivity contribution in [2.24, 2.45) is 5.92 Å². The molecule has 210 valence electrons. The highest BCUT2D eigenvalue weighted by atomic mass is 19.4. The molecule has 0 bridgehead atoms. The molecule has 1 amide bonds. The van der Waals surface area contributed by atoms with E-state index < -0.39 is 35.2 Å². The van der Waals surface area contributed by atoms with Crippen molar-refractivity contribution in [3.8, 4) is 0 Å². The lowest BCUT2D eigenvalue weighted by Gasteiger charge is -2.46. The molecule has 1 N–H and O–H groups in total. The number of nitrogens with one attached hydrogen (secondary N) is 1. The maximum absolute atomic E-state index is 13.3. The Bertz CT molecular complexity index is 1050. The summed E-state index contributed by atoms with van der Waals surface area (Å²) in [6.45, 7) is 7.48. The Balaban J connectivity index is 1.88. The third-order valence-corrected chi connectivity index (χ3v) is 6.67. The number of nitrogens with zero attached hydrogens (tertiary/aromatic N) is 1. The molecule has 3 unspecified atom stereocenters. The van der Waals surface area contributed by atoms with Gasteiger partial charge in [0, 0.05) is 25.2 Å². The van der Waals surface area contributed by atoms with Crippen LogP contribution in [0.1, 0.15) is 62.8 Å². The molecule has 1 aliphatic rings. The van der Waals surface area contributed by atoms with Gasteiger partial charge in [-0.1, -0.05) is 37.3 Å². The van der Waals surface area contributed by atoms with E-state index >= 15 is 0 Å². The van der Waals surface area contributed by atoms with Crippen molar-refractivity contribution in [3.63, 3.8) is 0 Å². The van der Waals surface area contributed by atoms with E-state index in [4.69, 9.17) is 4.74 Å². The summed E-state index contributed by atoms with van der Waals surface area (Å²) in [5, 5.41) is 3.22. The number of piperidine rings is 1. The van der Waals surface area contributed by atoms with Crippen LogP contribution in [-0.4, -0.2) is 35.2 Å². The molecule has 0 saturated carbocycles. The topological polar surface area (TPSA) is 41.6 Å². The largest absolute Gasteiger partial charge is 0.444 e. The summed E-state index contributed by atoms with van der Waals surface area (Å²) in [5.74, 6) is -0.142. The second-order valence-electron chi connectivity index (χ2n) is 10.7. The quantitative estimate of drug-likeness (QED) is 0.384. The highest BCUT2D eigenvalue weighted by Crippen LogP contribution is 2.37. The van der Waals surface area contributed by atoms with Gasteiger partial charge in [0.2, 0.25) is 0 Å². The maximum atomic E-state index is 13.3. The fourth-order valence-corrected chi connectivity index (χ4v) is 5.02. The van der Waals surface area contributed by atoms with Gasteiger partial charge in [-0.2, -0.15) is 26.3 Å². The van der Waals surface area contributed by atoms with Crippen molar-refractivity contribution < 1.29 is 35.9 Å². The SMILES string of the molecule is CCC1C(Cc2ccccc2)C(NCc2cc(C(F)(F)F)cc(C(F)(F)F)c2)CCN1C(=O)OC(C)(C)C. The lowest BCUT2D eigenvalue weighted by Crippen LogP contribution is -2.58. The first-order valence-corrected chi connectivity index (χ1v) is 12.6. The summed E-state index contributed by atoms with van der Waals surface area (Å²) < 4.78 is 85.6. The molecule has 38 heavy (non-hydrogen) atoms. The number of carbonyl (C=O) groups excluding carboxylic acids is 1. The van der Waals surface area contributed by atoms with Gasteiger partial charge >= 0.3 is 18.4 Å². The fraction of sp³-hybridized carbons (Fsp3) is 0.536. The van der Waals surface area contributed by atoms with Crippen LogP contribution < -0.4 is 5.32 Å². The second-order valence-corrected chi connectivity index (χ2v) is 10.7. The van der Waals surface area contributed by atoms with Crippen molar-refractivity contribution in [3.05, 3.63) is 70.8 Å². The summed E-state index contributed by atoms with van der Waals surface area (Å²) in [4.78, 5) is 14.7. The minimum atomic E-state index is -4.90. The first-order valence-electron chi connectivity index (χ1n) is 12.6. The summed E-state index contributed by atoms with van der Waals surface area (Å²) in [5.41, 5.74) is -2.44. The summed E-state index contributed by atoms with van der Waals surface area (Å²) >= 11 is 0. The molecule has 2 aromatic rings. The molecule has 0 aliphatic carbocycles. The zero-order valence-corrected chi connectivity index (χ0v) is 21.9. The Hall–Kier alpha value is -2.75. The van der Waals surface area contributed by atoms with Gasteiger partial charge in [0.15, 0.2) is 0 Å². The van der Waals surface area contributed by atoms with E-state index in [9.17, 15) is 31.1 Å². The number of hydrogen-bond donors (Lipinski definition) is 1. The van der Waals surface area contributed by atoms with Gasteiger partial charge in [0.05, 0.1) is 11.1 Å². The Morgan fingerprint density at radius 3 is 2.03 bits per heavy atom. The summed E-state index contributed by atoms with van der Waals surface area (Å²) in [6, 6.07) is 10.7. The van der Waals surface area contributed by atoms with Crippen molar-refractivity contribution in [1.29, 1.82) is 0 Å². The molecule has 0 spiro atoms. The predicted molar refractivity (Wildman–Crippen MR) is 132 cm³/mol. The number of hydrogen-bond acceptors (Lipinski definition) is 3. The van der Waals surface area contributed by atoms with Crippen LogP contribution in [0.15, 0.2) is 48.5 Å². The first kappa shape index (κ1) is 29.8. The number of rotatable bonds is 6. The Morgan fingerprint density at radius 2 is 1.53 bits per heavy atom. The number of carbonyl (C=O) groups is 1. The number of amides is 1. The monoisotopic (exact) mass is 544 g/mol. The van der Waals surface area contributed by atoms with E-state index in [-0.39, 0.29) is 36.2 Å². The molecule has 0 radical (unpaired) electrons. The van der Waals surface area contributed by atoms with Gasteiger partial charge in [-0.25, -0.2) is 4.79 Å². The standard InChI is InChI=1S/C28H34F6N2O2/c1-5-24-22(15-18-9-7-6-8-10-18)23(11-12-36(24)25(37)38-26(2,3)4)35-17-19-13-20(27(29,30)31)16-21(14-19)28(32,33)34/h6-10,13-14,16,22-24,35H,5,11-12,15,17H2,1-4H3. The second kappa shape index (κ2) is 11.6. The van der Waals surface area contributed by atoms with Crippen molar-refractivity contribution in [2.75, 3.05) is 6.54 Å². The van der Waals surface area contributed by atoms with Gasteiger partial charge in [-0.3, -0.25) is 0 Å². The van der Waals surface area contributed by atoms with Crippen LogP contribution in [0.2, 0.25) is 0 Å². The van der Waals surface area contributed by atoms with Crippen molar-refractivity contribution in [1.82, 2.24) is 10.2 Å². The average molecular weight is 545 g/mol. The van der Waals surface area contributed by atoms with Crippen molar-refractivity contribution in [2.45, 2.75) is 83.5 Å². The number of ether oxygens (including phenoxy) is 1. The van der Waals surface area contributed by atoms with E-state index in [1.165, 1.54) is 0 Å². The molecule has 1 fully saturated rings. The molecule has 1 heterocycles. The van der Waals surface area contributed by atoms with E-state index in [1.54, 1.807) is 25.7 Å². The van der Waals surface area contributed by atoms with E-state index in [1.807, 2.05) is 37.3 Å². The van der Waals surface area contributed by atoms with Gasteiger partial charge in [-0.05, 0) is 75.3 Å². The lowest BCUT2D eigenvalue weighted by atomic mass is 9.79. The number of likely N-dealkylation sites (tertiary alicyclic amines) is 1. The van der Waals surface area contributed by atoms with E-state index in [2.05, 4.69) is 5.32 Å². The third kappa shape index (κ3) is 7.88. The van der Waals surface area contributed by atoms with Crippen LogP contribution in [0.25, 0.3) is 0 Å². The normalized spacial score (nSPS) is 20.9. The summed E-state index contributed by atoms with van der Waals surface area (Å²) in [7, 11) is 0. The minimum Gasteiger partial charge on any atom is -0.444 e. The summed E-state index contributed by atoms with van der Waals surface area (Å²) in [6.07, 6.45) is -8.59. The number of benzene rings is 2. The molecule has 2 aromatic carbocycles. The lowest BCUT2D eigenvalue weighted by molar-refractivity contribution is -0.143. The molecular weight excluding hydrogens is 510 g/mol. The Kier molecular flexibility index (Phi) is 9.06. The number of halogens is 6. The van der Waals surface area contributed by atoms with Crippen LogP contribution in [0.3, 0.4) is 0 Å². The molecule has 3 rings (SSSR count). The maximum Gasteiger partial charge on any atom is 0.416 e. The van der Waals surface area contributed by atoms with Crippen LogP contribution in [-0.2, 0) is 30.1 Å². The van der Waals surface area contributed by atoms with Gasteiger partial charge in [0.1, 0.15) is 5.60 Å². The first-order chi connectivity index (χ1) is 17.6. The smallest absolute Gasteiger partial charge is 0.416 e. The minimum absolute atomic E-state index is 0.103. The van der Waals surface area contributed by atoms with Gasteiger partial charge in [0.25, 0.3) is 0 Å². The van der Waals surface area contributed by atoms with Crippen LogP contribution in [0, 0.1) is 5.92 Å². The van der Waals surface area contributed by atoms with Crippen LogP contribution in [0.4, 0.5) is 31.1 Å². The zero-order chi connectivity index (χ0) is 28.3. The molecule has 10 heteroatoms. The van der Waals surface area contributed by atoms with Gasteiger partial charge < -0.3 is 15.0 Å². The Labute approximate surface area is 219 Å². The Morgan fingerprint density at radius 1 is 0.947 bits per heavy atom. The van der Waals surface area contributed by atoms with Crippen LogP contribution >= 0.6 is 0 Å². The van der Waals surface area contributed by atoms with Crippen molar-refractivity contribution >= 4 is 6.09 Å². The molecule has 3 atom stereocenters. The molecule has 0 aromatic heterocycles. The highest BCUT2D eigenvalue weighted by molar-refractivity contribution is 5.68. The molecule has 4 nitrogen and oxygen atoms in total. The number of alkyl halides is 6. The average Bonchev–Trinajstić information content (AvgIpc) is 2.81. The molecule has 1 saturated heterocycles. The van der Waals surface area contributed by atoms with E-state index in [0.29, 0.717) is 25.8 Å².